The Morgan fingerprint density at radius 2 is 1.88 bits per heavy atom. The SMILES string of the molecule is CC(=O)[C@@]1(O)CC[C@H]2C3=CC=C4CC(O)CC[C@]4(C)[C@H]3C(O)C[C@@]21C. The number of rotatable bonds is 1. The number of hydrogen-bond acceptors (Lipinski definition) is 4. The molecular weight excluding hydrogens is 316 g/mol. The van der Waals surface area contributed by atoms with Gasteiger partial charge in [-0.3, -0.25) is 4.79 Å². The smallest absolute Gasteiger partial charge is 0.161 e. The van der Waals surface area contributed by atoms with Crippen LogP contribution in [0.4, 0.5) is 0 Å². The van der Waals surface area contributed by atoms with Crippen molar-refractivity contribution in [1.82, 2.24) is 0 Å². The number of Topliss-reactive ketones (excluding diaryl/α,β-unsaturated/α-hetero) is 1. The van der Waals surface area contributed by atoms with E-state index in [1.165, 1.54) is 18.1 Å². The second-order valence-electron chi connectivity index (χ2n) is 9.35. The van der Waals surface area contributed by atoms with Gasteiger partial charge in [-0.2, -0.15) is 0 Å². The van der Waals surface area contributed by atoms with E-state index in [-0.39, 0.29) is 29.1 Å². The van der Waals surface area contributed by atoms with Gasteiger partial charge in [-0.15, -0.1) is 0 Å². The topological polar surface area (TPSA) is 77.8 Å². The number of carbonyl (C=O) groups is 1. The van der Waals surface area contributed by atoms with E-state index in [4.69, 9.17) is 0 Å². The Kier molecular flexibility index (Phi) is 3.68. The van der Waals surface area contributed by atoms with Crippen molar-refractivity contribution < 1.29 is 20.1 Å². The maximum absolute atomic E-state index is 12.2. The number of aliphatic hydroxyl groups excluding tert-OH is 2. The van der Waals surface area contributed by atoms with Crippen molar-refractivity contribution in [3.63, 3.8) is 0 Å². The molecule has 4 aliphatic rings. The number of allylic oxidation sites excluding steroid dienone is 2. The monoisotopic (exact) mass is 346 g/mol. The first-order valence-corrected chi connectivity index (χ1v) is 9.64. The third kappa shape index (κ3) is 2.08. The Bertz CT molecular complexity index is 679. The molecule has 4 rings (SSSR count). The summed E-state index contributed by atoms with van der Waals surface area (Å²) in [6.45, 7) is 5.68. The van der Waals surface area contributed by atoms with E-state index < -0.39 is 17.1 Å². The van der Waals surface area contributed by atoms with Gasteiger partial charge >= 0.3 is 0 Å². The molecule has 138 valence electrons. The van der Waals surface area contributed by atoms with E-state index in [1.807, 2.05) is 6.92 Å². The molecule has 2 unspecified atom stereocenters. The second kappa shape index (κ2) is 5.28. The molecule has 7 atom stereocenters. The van der Waals surface area contributed by atoms with Crippen LogP contribution < -0.4 is 0 Å². The molecule has 4 heteroatoms. The highest BCUT2D eigenvalue weighted by Gasteiger charge is 2.65. The standard InChI is InChI=1S/C21H30O4/c1-12(22)21(25)9-7-16-15-5-4-13-10-14(23)6-8-19(13,2)18(15)17(24)11-20(16,21)3/h4-5,14,16-18,23-25H,6-11H2,1-3H3/t14?,16-,17?,18+,19-,20-,21-/m0/s1. The molecule has 0 amide bonds. The van der Waals surface area contributed by atoms with Crippen LogP contribution in [0.1, 0.15) is 59.3 Å². The summed E-state index contributed by atoms with van der Waals surface area (Å²) in [5.41, 5.74) is 0.388. The summed E-state index contributed by atoms with van der Waals surface area (Å²) in [4.78, 5) is 12.2. The van der Waals surface area contributed by atoms with Crippen molar-refractivity contribution in [2.75, 3.05) is 0 Å². The third-order valence-electron chi connectivity index (χ3n) is 8.22. The first-order valence-electron chi connectivity index (χ1n) is 9.64. The van der Waals surface area contributed by atoms with Gasteiger partial charge in [0.15, 0.2) is 5.78 Å². The molecular formula is C21H30O4. The summed E-state index contributed by atoms with van der Waals surface area (Å²) >= 11 is 0. The third-order valence-corrected chi connectivity index (χ3v) is 8.22. The van der Waals surface area contributed by atoms with Crippen molar-refractivity contribution in [2.45, 2.75) is 77.1 Å². The fraction of sp³-hybridized carbons (Fsp3) is 0.762. The van der Waals surface area contributed by atoms with E-state index in [2.05, 4.69) is 19.1 Å². The number of fused-ring (bicyclic) bond motifs is 5. The lowest BCUT2D eigenvalue weighted by molar-refractivity contribution is -0.157. The van der Waals surface area contributed by atoms with Gasteiger partial charge in [0.05, 0.1) is 12.2 Å². The Balaban J connectivity index is 1.80. The Hall–Kier alpha value is -0.970. The van der Waals surface area contributed by atoms with Crippen LogP contribution >= 0.6 is 0 Å². The van der Waals surface area contributed by atoms with Crippen LogP contribution in [0.25, 0.3) is 0 Å². The van der Waals surface area contributed by atoms with Gasteiger partial charge in [-0.05, 0) is 56.8 Å². The molecule has 0 aliphatic heterocycles. The molecule has 0 saturated heterocycles. The molecule has 4 nitrogen and oxygen atoms in total. The largest absolute Gasteiger partial charge is 0.393 e. The lowest BCUT2D eigenvalue weighted by atomic mass is 9.49. The first-order chi connectivity index (χ1) is 11.6. The van der Waals surface area contributed by atoms with Crippen LogP contribution in [0.2, 0.25) is 0 Å². The average molecular weight is 346 g/mol. The van der Waals surface area contributed by atoms with Crippen LogP contribution in [-0.4, -0.2) is 38.9 Å². The average Bonchev–Trinajstić information content (AvgIpc) is 2.80. The normalized spacial score (nSPS) is 51.8. The van der Waals surface area contributed by atoms with Crippen molar-refractivity contribution in [1.29, 1.82) is 0 Å². The van der Waals surface area contributed by atoms with Crippen molar-refractivity contribution in [3.8, 4) is 0 Å². The minimum Gasteiger partial charge on any atom is -0.393 e. The van der Waals surface area contributed by atoms with E-state index in [0.717, 1.165) is 19.3 Å². The van der Waals surface area contributed by atoms with Gasteiger partial charge in [-0.25, -0.2) is 0 Å². The summed E-state index contributed by atoms with van der Waals surface area (Å²) < 4.78 is 0. The summed E-state index contributed by atoms with van der Waals surface area (Å²) in [7, 11) is 0. The predicted octanol–water partition coefficient (Wildman–Crippen LogP) is 2.52. The molecule has 0 aromatic carbocycles. The minimum atomic E-state index is -1.34. The molecule has 0 bridgehead atoms. The zero-order valence-electron chi connectivity index (χ0n) is 15.5. The van der Waals surface area contributed by atoms with Gasteiger partial charge in [0.25, 0.3) is 0 Å². The Labute approximate surface area is 149 Å². The molecule has 4 aliphatic carbocycles. The Morgan fingerprint density at radius 3 is 2.56 bits per heavy atom. The van der Waals surface area contributed by atoms with Crippen LogP contribution in [0.5, 0.6) is 0 Å². The van der Waals surface area contributed by atoms with Crippen LogP contribution in [-0.2, 0) is 4.79 Å². The number of hydrogen-bond donors (Lipinski definition) is 3. The van der Waals surface area contributed by atoms with Gasteiger partial charge in [0, 0.05) is 11.3 Å². The summed E-state index contributed by atoms with van der Waals surface area (Å²) in [6, 6.07) is 0. The fourth-order valence-electron chi connectivity index (χ4n) is 6.70. The molecule has 0 heterocycles. The summed E-state index contributed by atoms with van der Waals surface area (Å²) in [6.07, 6.45) is 7.47. The van der Waals surface area contributed by atoms with E-state index in [0.29, 0.717) is 19.3 Å². The van der Waals surface area contributed by atoms with Crippen molar-refractivity contribution in [2.24, 2.45) is 22.7 Å². The molecule has 0 radical (unpaired) electrons. The molecule has 3 saturated carbocycles. The highest BCUT2D eigenvalue weighted by atomic mass is 16.3. The second-order valence-corrected chi connectivity index (χ2v) is 9.35. The highest BCUT2D eigenvalue weighted by Crippen LogP contribution is 2.65. The highest BCUT2D eigenvalue weighted by molar-refractivity contribution is 5.86. The van der Waals surface area contributed by atoms with E-state index in [1.54, 1.807) is 0 Å². The van der Waals surface area contributed by atoms with Crippen LogP contribution in [0.15, 0.2) is 23.3 Å². The van der Waals surface area contributed by atoms with Gasteiger partial charge in [0.1, 0.15) is 5.60 Å². The van der Waals surface area contributed by atoms with Gasteiger partial charge in [-0.1, -0.05) is 37.1 Å². The van der Waals surface area contributed by atoms with Gasteiger partial charge in [0.2, 0.25) is 0 Å². The fourth-order valence-corrected chi connectivity index (χ4v) is 6.70. The summed E-state index contributed by atoms with van der Waals surface area (Å²) in [5.74, 6) is -0.00792. The minimum absolute atomic E-state index is 0.0346. The predicted molar refractivity (Wildman–Crippen MR) is 94.7 cm³/mol. The maximum Gasteiger partial charge on any atom is 0.161 e. The quantitative estimate of drug-likeness (QED) is 0.682. The summed E-state index contributed by atoms with van der Waals surface area (Å²) in [5, 5.41) is 32.3. The number of ketones is 1. The molecule has 3 N–H and O–H groups in total. The number of aliphatic hydroxyl groups is 3. The first kappa shape index (κ1) is 17.4. The molecule has 0 aromatic heterocycles. The van der Waals surface area contributed by atoms with E-state index >= 15 is 0 Å². The van der Waals surface area contributed by atoms with E-state index in [9.17, 15) is 20.1 Å². The molecule has 0 aromatic rings. The zero-order valence-corrected chi connectivity index (χ0v) is 15.5. The van der Waals surface area contributed by atoms with Crippen molar-refractivity contribution >= 4 is 5.78 Å². The number of carbonyl (C=O) groups excluding carboxylic acids is 1. The lowest BCUT2D eigenvalue weighted by Gasteiger charge is -2.57. The van der Waals surface area contributed by atoms with Crippen LogP contribution in [0.3, 0.4) is 0 Å². The maximum atomic E-state index is 12.2. The van der Waals surface area contributed by atoms with Gasteiger partial charge < -0.3 is 15.3 Å². The molecule has 0 spiro atoms. The zero-order chi connectivity index (χ0) is 18.2. The molecule has 25 heavy (non-hydrogen) atoms. The van der Waals surface area contributed by atoms with Crippen molar-refractivity contribution in [3.05, 3.63) is 23.3 Å². The molecule has 3 fully saturated rings. The Morgan fingerprint density at radius 1 is 1.16 bits per heavy atom. The lowest BCUT2D eigenvalue weighted by Crippen LogP contribution is -2.58. The van der Waals surface area contributed by atoms with Crippen LogP contribution in [0, 0.1) is 22.7 Å².